The second-order valence-electron chi connectivity index (χ2n) is 10.6. The highest BCUT2D eigenvalue weighted by Gasteiger charge is 2.58. The van der Waals surface area contributed by atoms with Crippen LogP contribution in [-0.2, 0) is 12.1 Å². The molecular weight excluding hydrogens is 474 g/mol. The molecule has 3 aromatic rings. The van der Waals surface area contributed by atoms with Crippen molar-refractivity contribution in [2.24, 2.45) is 0 Å². The molecule has 0 N–H and O–H groups in total. The van der Waals surface area contributed by atoms with Gasteiger partial charge in [-0.1, -0.05) is 54.6 Å². The average Bonchev–Trinajstić information content (AvgIpc) is 3.21. The SMILES string of the molecule is COc1ccccc1CN1CCN(C2(c3cccc(N4CCCCC4)c3)C(=O)c3ccccc3C2=O)CC1. The van der Waals surface area contributed by atoms with Crippen LogP contribution in [0, 0.1) is 0 Å². The van der Waals surface area contributed by atoms with E-state index >= 15 is 0 Å². The van der Waals surface area contributed by atoms with Crippen LogP contribution in [0.25, 0.3) is 0 Å². The number of methoxy groups -OCH3 is 1. The summed E-state index contributed by atoms with van der Waals surface area (Å²) >= 11 is 0. The van der Waals surface area contributed by atoms with Crippen molar-refractivity contribution in [2.75, 3.05) is 51.3 Å². The third kappa shape index (κ3) is 4.12. The summed E-state index contributed by atoms with van der Waals surface area (Å²) in [5.74, 6) is 0.705. The predicted octanol–water partition coefficient (Wildman–Crippen LogP) is 4.78. The molecule has 0 radical (unpaired) electrons. The second kappa shape index (κ2) is 10.4. The number of nitrogens with zero attached hydrogens (tertiary/aromatic N) is 3. The Morgan fingerprint density at radius 3 is 2.08 bits per heavy atom. The third-order valence-corrected chi connectivity index (χ3v) is 8.49. The topological polar surface area (TPSA) is 53.1 Å². The molecule has 3 aliphatic rings. The lowest BCUT2D eigenvalue weighted by atomic mass is 9.82. The summed E-state index contributed by atoms with van der Waals surface area (Å²) in [5.41, 5.74) is 2.81. The maximum absolute atomic E-state index is 14.3. The van der Waals surface area contributed by atoms with Crippen molar-refractivity contribution in [3.05, 3.63) is 95.1 Å². The van der Waals surface area contributed by atoms with Gasteiger partial charge in [-0.25, -0.2) is 0 Å². The van der Waals surface area contributed by atoms with Gasteiger partial charge in [-0.05, 0) is 43.0 Å². The molecule has 1 aliphatic carbocycles. The molecule has 0 amide bonds. The van der Waals surface area contributed by atoms with E-state index in [4.69, 9.17) is 4.74 Å². The zero-order chi connectivity index (χ0) is 26.1. The Hall–Kier alpha value is -3.48. The molecule has 0 unspecified atom stereocenters. The zero-order valence-electron chi connectivity index (χ0n) is 22.1. The minimum absolute atomic E-state index is 0.0907. The molecule has 0 bridgehead atoms. The van der Waals surface area contributed by atoms with Crippen LogP contribution in [0.4, 0.5) is 5.69 Å². The lowest BCUT2D eigenvalue weighted by Crippen LogP contribution is -2.60. The fourth-order valence-corrected chi connectivity index (χ4v) is 6.50. The molecular formula is C32H35N3O3. The first kappa shape index (κ1) is 24.8. The number of carbonyl (C=O) groups is 2. The van der Waals surface area contributed by atoms with Gasteiger partial charge in [0.15, 0.2) is 17.1 Å². The number of ether oxygens (including phenoxy) is 1. The number of hydrogen-bond acceptors (Lipinski definition) is 6. The van der Waals surface area contributed by atoms with Crippen molar-refractivity contribution in [1.29, 1.82) is 0 Å². The number of Topliss-reactive ketones (excluding diaryl/α,β-unsaturated/α-hetero) is 2. The molecule has 0 aromatic heterocycles. The molecule has 6 rings (SSSR count). The number of fused-ring (bicyclic) bond motifs is 1. The number of benzene rings is 3. The number of piperidine rings is 1. The molecule has 2 fully saturated rings. The number of anilines is 1. The maximum Gasteiger partial charge on any atom is 0.196 e. The van der Waals surface area contributed by atoms with Crippen LogP contribution < -0.4 is 9.64 Å². The molecule has 196 valence electrons. The van der Waals surface area contributed by atoms with Gasteiger partial charge < -0.3 is 9.64 Å². The van der Waals surface area contributed by atoms with Gasteiger partial charge in [0.25, 0.3) is 0 Å². The van der Waals surface area contributed by atoms with Gasteiger partial charge in [-0.15, -0.1) is 0 Å². The molecule has 38 heavy (non-hydrogen) atoms. The molecule has 6 heteroatoms. The van der Waals surface area contributed by atoms with Crippen LogP contribution in [0.5, 0.6) is 5.75 Å². The molecule has 6 nitrogen and oxygen atoms in total. The molecule has 3 aromatic carbocycles. The summed E-state index contributed by atoms with van der Waals surface area (Å²) in [7, 11) is 1.70. The highest BCUT2D eigenvalue weighted by molar-refractivity contribution is 6.32. The molecule has 0 spiro atoms. The van der Waals surface area contributed by atoms with E-state index in [1.807, 2.05) is 54.6 Å². The van der Waals surface area contributed by atoms with Gasteiger partial charge >= 0.3 is 0 Å². The van der Waals surface area contributed by atoms with Gasteiger partial charge in [0.05, 0.1) is 7.11 Å². The number of para-hydroxylation sites is 1. The standard InChI is InChI=1S/C32H35N3O3/c1-38-29-15-6-3-10-24(29)23-33-18-20-35(21-19-33)32(30(36)27-13-4-5-14-28(27)31(32)37)25-11-9-12-26(22-25)34-16-7-2-8-17-34/h3-6,9-15,22H,2,7-8,16-21,23H2,1H3. The summed E-state index contributed by atoms with van der Waals surface area (Å²) in [6, 6.07) is 23.7. The third-order valence-electron chi connectivity index (χ3n) is 8.49. The van der Waals surface area contributed by atoms with Crippen molar-refractivity contribution in [2.45, 2.75) is 31.3 Å². The van der Waals surface area contributed by atoms with Crippen molar-refractivity contribution in [1.82, 2.24) is 9.80 Å². The molecule has 0 saturated carbocycles. The van der Waals surface area contributed by atoms with Crippen LogP contribution in [0.3, 0.4) is 0 Å². The van der Waals surface area contributed by atoms with Crippen LogP contribution in [0.1, 0.15) is 51.1 Å². The Balaban J connectivity index is 1.33. The minimum Gasteiger partial charge on any atom is -0.496 e. The van der Waals surface area contributed by atoms with Crippen LogP contribution in [0.15, 0.2) is 72.8 Å². The maximum atomic E-state index is 14.3. The van der Waals surface area contributed by atoms with E-state index in [0.29, 0.717) is 24.2 Å². The van der Waals surface area contributed by atoms with Crippen LogP contribution >= 0.6 is 0 Å². The average molecular weight is 510 g/mol. The summed E-state index contributed by atoms with van der Waals surface area (Å²) in [5, 5.41) is 0. The molecule has 2 saturated heterocycles. The van der Waals surface area contributed by atoms with E-state index in [9.17, 15) is 9.59 Å². The number of carbonyl (C=O) groups excluding carboxylic acids is 2. The van der Waals surface area contributed by atoms with Gasteiger partial charge in [-0.2, -0.15) is 0 Å². The first-order valence-corrected chi connectivity index (χ1v) is 13.8. The van der Waals surface area contributed by atoms with E-state index in [-0.39, 0.29) is 11.6 Å². The molecule has 2 heterocycles. The van der Waals surface area contributed by atoms with Crippen molar-refractivity contribution < 1.29 is 14.3 Å². The first-order chi connectivity index (χ1) is 18.6. The van der Waals surface area contributed by atoms with Crippen molar-refractivity contribution in [3.8, 4) is 5.75 Å². The van der Waals surface area contributed by atoms with Crippen molar-refractivity contribution >= 4 is 17.3 Å². The van der Waals surface area contributed by atoms with E-state index in [0.717, 1.165) is 55.3 Å². The second-order valence-corrected chi connectivity index (χ2v) is 10.6. The Morgan fingerprint density at radius 1 is 0.737 bits per heavy atom. The van der Waals surface area contributed by atoms with Crippen LogP contribution in [-0.4, -0.2) is 67.7 Å². The lowest BCUT2D eigenvalue weighted by Gasteiger charge is -2.44. The van der Waals surface area contributed by atoms with Gasteiger partial charge in [0.2, 0.25) is 0 Å². The molecule has 0 atom stereocenters. The number of ketones is 2. The fourth-order valence-electron chi connectivity index (χ4n) is 6.50. The predicted molar refractivity (Wildman–Crippen MR) is 149 cm³/mol. The smallest absolute Gasteiger partial charge is 0.196 e. The van der Waals surface area contributed by atoms with Crippen LogP contribution in [0.2, 0.25) is 0 Å². The van der Waals surface area contributed by atoms with Crippen molar-refractivity contribution in [3.63, 3.8) is 0 Å². The summed E-state index contributed by atoms with van der Waals surface area (Å²) in [6.45, 7) is 5.60. The minimum atomic E-state index is -1.31. The highest BCUT2D eigenvalue weighted by atomic mass is 16.5. The summed E-state index contributed by atoms with van der Waals surface area (Å²) in [4.78, 5) is 35.4. The van der Waals surface area contributed by atoms with E-state index in [1.165, 1.54) is 19.3 Å². The Kier molecular flexibility index (Phi) is 6.76. The Labute approximate surface area is 224 Å². The zero-order valence-corrected chi connectivity index (χ0v) is 22.1. The monoisotopic (exact) mass is 509 g/mol. The summed E-state index contributed by atoms with van der Waals surface area (Å²) in [6.07, 6.45) is 3.60. The Bertz CT molecular complexity index is 1300. The van der Waals surface area contributed by atoms with Gasteiger partial charge in [0, 0.05) is 68.2 Å². The normalized spacial score (nSPS) is 20.0. The van der Waals surface area contributed by atoms with E-state index in [2.05, 4.69) is 32.9 Å². The highest BCUT2D eigenvalue weighted by Crippen LogP contribution is 2.44. The summed E-state index contributed by atoms with van der Waals surface area (Å²) < 4.78 is 5.56. The lowest BCUT2D eigenvalue weighted by molar-refractivity contribution is 0.0278. The first-order valence-electron chi connectivity index (χ1n) is 13.8. The van der Waals surface area contributed by atoms with Gasteiger partial charge in [-0.3, -0.25) is 19.4 Å². The number of piperazine rings is 1. The number of rotatable bonds is 6. The number of hydrogen-bond donors (Lipinski definition) is 0. The fraction of sp³-hybridized carbons (Fsp3) is 0.375. The van der Waals surface area contributed by atoms with E-state index < -0.39 is 5.54 Å². The largest absolute Gasteiger partial charge is 0.496 e. The Morgan fingerprint density at radius 2 is 1.39 bits per heavy atom. The van der Waals surface area contributed by atoms with Gasteiger partial charge in [0.1, 0.15) is 5.75 Å². The van der Waals surface area contributed by atoms with E-state index in [1.54, 1.807) is 7.11 Å². The molecule has 2 aliphatic heterocycles. The quantitative estimate of drug-likeness (QED) is 0.446.